The van der Waals surface area contributed by atoms with Crippen LogP contribution >= 0.6 is 0 Å². The summed E-state index contributed by atoms with van der Waals surface area (Å²) in [6.45, 7) is 0.835. The van der Waals surface area contributed by atoms with Crippen LogP contribution in [0.4, 0.5) is 9.59 Å². The van der Waals surface area contributed by atoms with E-state index in [-0.39, 0.29) is 56.3 Å². The maximum Gasteiger partial charge on any atom is 0.422 e. The first-order valence-electron chi connectivity index (χ1n) is 16.1. The Hall–Kier alpha value is -4.08. The van der Waals surface area contributed by atoms with Crippen LogP contribution in [0.5, 0.6) is 0 Å². The molecule has 6 rings (SSSR count). The lowest BCUT2D eigenvalue weighted by Crippen LogP contribution is -2.53. The predicted octanol–water partition coefficient (Wildman–Crippen LogP) is 2.84. The van der Waals surface area contributed by atoms with Gasteiger partial charge in [-0.05, 0) is 42.5 Å². The fourth-order valence-electron chi connectivity index (χ4n) is 6.22. The molecular formula is C34H40N4O9S. The number of nitrogens with zero attached hydrogens (tertiary/aromatic N) is 2. The van der Waals surface area contributed by atoms with E-state index >= 15 is 0 Å². The van der Waals surface area contributed by atoms with E-state index in [1.165, 1.54) is 5.01 Å². The van der Waals surface area contributed by atoms with E-state index in [0.29, 0.717) is 6.61 Å². The number of rotatable bonds is 12. The molecule has 0 saturated carbocycles. The Morgan fingerprint density at radius 2 is 1.75 bits per heavy atom. The molecule has 3 aromatic rings. The highest BCUT2D eigenvalue weighted by molar-refractivity contribution is 7.91. The van der Waals surface area contributed by atoms with E-state index in [9.17, 15) is 23.1 Å². The highest BCUT2D eigenvalue weighted by atomic mass is 32.2. The number of aliphatic hydroxyl groups excluding tert-OH is 1. The van der Waals surface area contributed by atoms with Gasteiger partial charge in [0.15, 0.2) is 16.1 Å². The average molecular weight is 681 g/mol. The van der Waals surface area contributed by atoms with Gasteiger partial charge in [-0.2, -0.15) is 0 Å². The minimum absolute atomic E-state index is 0.0413. The summed E-state index contributed by atoms with van der Waals surface area (Å²) < 4.78 is 46.1. The quantitative estimate of drug-likeness (QED) is 0.241. The molecule has 48 heavy (non-hydrogen) atoms. The van der Waals surface area contributed by atoms with Gasteiger partial charge in [0.2, 0.25) is 0 Å². The normalized spacial score (nSPS) is 24.0. The second-order valence-corrected chi connectivity index (χ2v) is 14.5. The summed E-state index contributed by atoms with van der Waals surface area (Å²) in [5.41, 5.74) is 6.10. The number of hydrogen-bond donors (Lipinski definition) is 3. The summed E-state index contributed by atoms with van der Waals surface area (Å²) >= 11 is 0. The molecule has 3 saturated heterocycles. The molecule has 4 heterocycles. The maximum atomic E-state index is 13.1. The van der Waals surface area contributed by atoms with Crippen molar-refractivity contribution in [1.82, 2.24) is 20.7 Å². The third-order valence-electron chi connectivity index (χ3n) is 8.72. The van der Waals surface area contributed by atoms with E-state index in [1.807, 2.05) is 72.8 Å². The van der Waals surface area contributed by atoms with E-state index in [2.05, 4.69) is 15.7 Å². The number of pyridine rings is 1. The minimum atomic E-state index is -3.26. The number of carbonyl (C=O) groups is 2. The van der Waals surface area contributed by atoms with Crippen molar-refractivity contribution in [2.24, 2.45) is 5.92 Å². The molecule has 13 nitrogen and oxygen atoms in total. The van der Waals surface area contributed by atoms with Crippen molar-refractivity contribution in [3.63, 3.8) is 0 Å². The number of nitrogens with one attached hydrogen (secondary N) is 2. The third kappa shape index (κ3) is 9.08. The van der Waals surface area contributed by atoms with Crippen LogP contribution in [0.25, 0.3) is 11.3 Å². The van der Waals surface area contributed by atoms with Crippen LogP contribution in [-0.2, 0) is 41.8 Å². The molecule has 6 atom stereocenters. The molecule has 2 amide bonds. The highest BCUT2D eigenvalue weighted by Gasteiger charge is 2.44. The Morgan fingerprint density at radius 1 is 0.958 bits per heavy atom. The van der Waals surface area contributed by atoms with Crippen LogP contribution in [-0.4, -0.2) is 97.6 Å². The minimum Gasteiger partial charge on any atom is -0.444 e. The largest absolute Gasteiger partial charge is 0.444 e. The van der Waals surface area contributed by atoms with Crippen molar-refractivity contribution in [3.8, 4) is 11.3 Å². The molecular weight excluding hydrogens is 640 g/mol. The number of amides is 2. The Morgan fingerprint density at radius 3 is 2.48 bits per heavy atom. The molecule has 0 spiro atoms. The zero-order chi connectivity index (χ0) is 33.5. The van der Waals surface area contributed by atoms with Crippen molar-refractivity contribution in [3.05, 3.63) is 90.1 Å². The number of ether oxygens (including phenoxy) is 4. The first-order valence-corrected chi connectivity index (χ1v) is 17.9. The van der Waals surface area contributed by atoms with E-state index in [4.69, 9.17) is 18.9 Å². The number of aromatic nitrogens is 1. The summed E-state index contributed by atoms with van der Waals surface area (Å²) in [6, 6.07) is 21.9. The molecule has 2 unspecified atom stereocenters. The first-order chi connectivity index (χ1) is 23.2. The van der Waals surface area contributed by atoms with Gasteiger partial charge in [0.05, 0.1) is 48.5 Å². The Kier molecular flexibility index (Phi) is 10.9. The van der Waals surface area contributed by atoms with Gasteiger partial charge in [0.1, 0.15) is 12.2 Å². The molecule has 14 heteroatoms. The second-order valence-electron chi connectivity index (χ2n) is 12.3. The summed E-state index contributed by atoms with van der Waals surface area (Å²) in [7, 11) is -3.26. The van der Waals surface area contributed by atoms with Gasteiger partial charge >= 0.3 is 12.2 Å². The molecule has 0 aliphatic carbocycles. The van der Waals surface area contributed by atoms with Crippen molar-refractivity contribution >= 4 is 22.0 Å². The average Bonchev–Trinajstić information content (AvgIpc) is 3.79. The maximum absolute atomic E-state index is 13.1. The van der Waals surface area contributed by atoms with Crippen LogP contribution in [0.15, 0.2) is 79.0 Å². The molecule has 0 bridgehead atoms. The summed E-state index contributed by atoms with van der Waals surface area (Å²) in [5.74, 6) is -0.318. The molecule has 3 fully saturated rings. The molecule has 1 aromatic heterocycles. The first kappa shape index (κ1) is 33.8. The third-order valence-corrected chi connectivity index (χ3v) is 10.5. The molecule has 256 valence electrons. The van der Waals surface area contributed by atoms with Crippen molar-refractivity contribution in [2.75, 3.05) is 31.3 Å². The monoisotopic (exact) mass is 680 g/mol. The van der Waals surface area contributed by atoms with Gasteiger partial charge in [-0.3, -0.25) is 10.4 Å². The Balaban J connectivity index is 1.16. The van der Waals surface area contributed by atoms with Crippen LogP contribution in [0.1, 0.15) is 24.0 Å². The molecule has 3 N–H and O–H groups in total. The number of hydrazine groups is 1. The smallest absolute Gasteiger partial charge is 0.422 e. The van der Waals surface area contributed by atoms with Gasteiger partial charge in [0, 0.05) is 24.8 Å². The van der Waals surface area contributed by atoms with Gasteiger partial charge in [0.25, 0.3) is 0 Å². The SMILES string of the molecule is O=C(NN(Cc1ccc(-c2ccccn2)cc1)C[C@H](O)[C@H](Cc1ccccc1)NC(=O)O[C@H]1COC2OCC[C@H]21)OC1CCS(=O)(=O)C1. The van der Waals surface area contributed by atoms with Gasteiger partial charge in [-0.25, -0.2) is 23.0 Å². The fourth-order valence-corrected chi connectivity index (χ4v) is 7.81. The zero-order valence-corrected chi connectivity index (χ0v) is 27.2. The number of aliphatic hydroxyl groups is 1. The second kappa shape index (κ2) is 15.4. The highest BCUT2D eigenvalue weighted by Crippen LogP contribution is 2.33. The van der Waals surface area contributed by atoms with Crippen LogP contribution in [0.2, 0.25) is 0 Å². The van der Waals surface area contributed by atoms with Crippen LogP contribution in [0.3, 0.4) is 0 Å². The predicted molar refractivity (Wildman–Crippen MR) is 174 cm³/mol. The van der Waals surface area contributed by atoms with Crippen molar-refractivity contribution < 1.29 is 42.1 Å². The Bertz CT molecular complexity index is 1630. The lowest BCUT2D eigenvalue weighted by atomic mass is 10.0. The van der Waals surface area contributed by atoms with E-state index < -0.39 is 46.4 Å². The van der Waals surface area contributed by atoms with Crippen LogP contribution in [0, 0.1) is 5.92 Å². The summed E-state index contributed by atoms with van der Waals surface area (Å²) in [5, 5.41) is 15.9. The number of benzene rings is 2. The summed E-state index contributed by atoms with van der Waals surface area (Å²) in [6.07, 6.45) is -1.36. The summed E-state index contributed by atoms with van der Waals surface area (Å²) in [4.78, 5) is 30.5. The topological polar surface area (TPSA) is 166 Å². The van der Waals surface area contributed by atoms with Crippen molar-refractivity contribution in [2.45, 2.75) is 56.5 Å². The molecule has 3 aliphatic rings. The number of alkyl carbamates (subject to hydrolysis) is 1. The van der Waals surface area contributed by atoms with Crippen molar-refractivity contribution in [1.29, 1.82) is 0 Å². The van der Waals surface area contributed by atoms with E-state index in [1.54, 1.807) is 6.20 Å². The lowest BCUT2D eigenvalue weighted by Gasteiger charge is -2.30. The van der Waals surface area contributed by atoms with E-state index in [0.717, 1.165) is 28.8 Å². The number of hydrogen-bond acceptors (Lipinski definition) is 11. The van der Waals surface area contributed by atoms with Crippen LogP contribution < -0.4 is 10.7 Å². The van der Waals surface area contributed by atoms with Gasteiger partial charge in [-0.15, -0.1) is 0 Å². The lowest BCUT2D eigenvalue weighted by molar-refractivity contribution is -0.0907. The fraction of sp³-hybridized carbons (Fsp3) is 0.441. The molecule has 3 aliphatic heterocycles. The molecule has 0 radical (unpaired) electrons. The standard InChI is InChI=1S/C34H40N4O9S/c39-30(29(18-23-6-2-1-3-7-23)36-33(40)47-31-21-45-32-27(31)13-16-44-32)20-38(37-34(41)46-26-14-17-48(42,43)22-26)19-24-9-11-25(12-10-24)28-8-4-5-15-35-28/h1-12,15,26-27,29-32,39H,13-14,16-22H2,(H,36,40)(H,37,41)/t26?,27-,29-,30-,31-,32?/m0/s1. The number of carbonyl (C=O) groups excluding carboxylic acids is 2. The van der Waals surface area contributed by atoms with Gasteiger partial charge < -0.3 is 29.4 Å². The zero-order valence-electron chi connectivity index (χ0n) is 26.3. The Labute approximate surface area is 279 Å². The number of fused-ring (bicyclic) bond motifs is 1. The van der Waals surface area contributed by atoms with Gasteiger partial charge in [-0.1, -0.05) is 60.7 Å². The molecule has 2 aromatic carbocycles. The number of sulfone groups is 1.